The molecule has 0 radical (unpaired) electrons. The van der Waals surface area contributed by atoms with Gasteiger partial charge in [0.2, 0.25) is 0 Å². The smallest absolute Gasteiger partial charge is 0.123 e. The molecule has 1 saturated carbocycles. The summed E-state index contributed by atoms with van der Waals surface area (Å²) in [7, 11) is 2.13. The van der Waals surface area contributed by atoms with Crippen LogP contribution in [0.5, 0.6) is 0 Å². The van der Waals surface area contributed by atoms with Crippen molar-refractivity contribution in [3.63, 3.8) is 0 Å². The Morgan fingerprint density at radius 2 is 2.00 bits per heavy atom. The van der Waals surface area contributed by atoms with Crippen LogP contribution in [0.2, 0.25) is 0 Å². The summed E-state index contributed by atoms with van der Waals surface area (Å²) in [5.41, 5.74) is 7.80. The molecular formula is C15H23FN2. The minimum atomic E-state index is -0.167. The molecule has 0 unspecified atom stereocenters. The summed E-state index contributed by atoms with van der Waals surface area (Å²) in [4.78, 5) is 2.32. The van der Waals surface area contributed by atoms with Crippen LogP contribution in [0.15, 0.2) is 18.2 Å². The van der Waals surface area contributed by atoms with E-state index in [0.29, 0.717) is 12.6 Å². The third-order valence-corrected chi connectivity index (χ3v) is 3.96. The zero-order valence-electron chi connectivity index (χ0n) is 11.2. The van der Waals surface area contributed by atoms with E-state index in [0.717, 1.165) is 17.7 Å². The van der Waals surface area contributed by atoms with Crippen molar-refractivity contribution in [1.29, 1.82) is 0 Å². The van der Waals surface area contributed by atoms with Crippen molar-refractivity contribution in [2.45, 2.75) is 44.6 Å². The summed E-state index contributed by atoms with van der Waals surface area (Å²) in [5.74, 6) is -0.167. The minimum Gasteiger partial charge on any atom is -0.371 e. The van der Waals surface area contributed by atoms with Crippen LogP contribution in [0.4, 0.5) is 10.1 Å². The van der Waals surface area contributed by atoms with E-state index < -0.39 is 0 Å². The second-order valence-corrected chi connectivity index (χ2v) is 5.21. The van der Waals surface area contributed by atoms with E-state index in [2.05, 4.69) is 11.9 Å². The van der Waals surface area contributed by atoms with Crippen LogP contribution in [0.25, 0.3) is 0 Å². The molecule has 18 heavy (non-hydrogen) atoms. The number of nitrogens with zero attached hydrogens (tertiary/aromatic N) is 1. The van der Waals surface area contributed by atoms with Crippen molar-refractivity contribution >= 4 is 5.69 Å². The first-order valence-corrected chi connectivity index (χ1v) is 6.93. The van der Waals surface area contributed by atoms with E-state index in [9.17, 15) is 4.39 Å². The van der Waals surface area contributed by atoms with Crippen LogP contribution in [0.1, 0.15) is 37.7 Å². The van der Waals surface area contributed by atoms with Crippen LogP contribution in [0.3, 0.4) is 0 Å². The molecule has 1 aliphatic rings. The first-order chi connectivity index (χ1) is 8.72. The van der Waals surface area contributed by atoms with Gasteiger partial charge in [-0.15, -0.1) is 0 Å². The number of hydrogen-bond acceptors (Lipinski definition) is 2. The molecule has 1 aliphatic carbocycles. The van der Waals surface area contributed by atoms with Gasteiger partial charge in [-0.1, -0.05) is 19.3 Å². The quantitative estimate of drug-likeness (QED) is 0.889. The molecule has 0 spiro atoms. The number of rotatable bonds is 4. The van der Waals surface area contributed by atoms with E-state index >= 15 is 0 Å². The van der Waals surface area contributed by atoms with Crippen molar-refractivity contribution in [3.8, 4) is 0 Å². The van der Waals surface area contributed by atoms with E-state index in [4.69, 9.17) is 5.73 Å². The molecule has 0 atom stereocenters. The molecule has 0 amide bonds. The average molecular weight is 250 g/mol. The highest BCUT2D eigenvalue weighted by atomic mass is 19.1. The molecule has 0 aliphatic heterocycles. The highest BCUT2D eigenvalue weighted by Crippen LogP contribution is 2.29. The molecule has 1 aromatic carbocycles. The van der Waals surface area contributed by atoms with Crippen LogP contribution in [-0.2, 0) is 6.42 Å². The Morgan fingerprint density at radius 1 is 1.28 bits per heavy atom. The Labute approximate surface area is 109 Å². The summed E-state index contributed by atoms with van der Waals surface area (Å²) in [6, 6.07) is 5.67. The summed E-state index contributed by atoms with van der Waals surface area (Å²) >= 11 is 0. The molecular weight excluding hydrogens is 227 g/mol. The van der Waals surface area contributed by atoms with Gasteiger partial charge in [-0.05, 0) is 49.6 Å². The minimum absolute atomic E-state index is 0.167. The van der Waals surface area contributed by atoms with Crippen molar-refractivity contribution in [2.75, 3.05) is 18.5 Å². The van der Waals surface area contributed by atoms with Gasteiger partial charge >= 0.3 is 0 Å². The first-order valence-electron chi connectivity index (χ1n) is 6.93. The molecule has 100 valence electrons. The third kappa shape index (κ3) is 3.02. The molecule has 2 nitrogen and oxygen atoms in total. The fourth-order valence-corrected chi connectivity index (χ4v) is 2.92. The van der Waals surface area contributed by atoms with Gasteiger partial charge < -0.3 is 10.6 Å². The number of halogens is 1. The lowest BCUT2D eigenvalue weighted by atomic mass is 9.93. The molecule has 1 aromatic rings. The molecule has 2 rings (SSSR count). The highest BCUT2D eigenvalue weighted by molar-refractivity contribution is 5.54. The zero-order chi connectivity index (χ0) is 13.0. The van der Waals surface area contributed by atoms with Crippen molar-refractivity contribution in [3.05, 3.63) is 29.6 Å². The van der Waals surface area contributed by atoms with Gasteiger partial charge in [0.05, 0.1) is 0 Å². The van der Waals surface area contributed by atoms with Crippen LogP contribution >= 0.6 is 0 Å². The van der Waals surface area contributed by atoms with E-state index in [1.807, 2.05) is 6.07 Å². The van der Waals surface area contributed by atoms with E-state index in [1.54, 1.807) is 12.1 Å². The summed E-state index contributed by atoms with van der Waals surface area (Å²) in [5, 5.41) is 0. The monoisotopic (exact) mass is 250 g/mol. The molecule has 0 aromatic heterocycles. The Kier molecular flexibility index (Phi) is 4.59. The van der Waals surface area contributed by atoms with Gasteiger partial charge in [0.25, 0.3) is 0 Å². The summed E-state index contributed by atoms with van der Waals surface area (Å²) in [6.07, 6.45) is 7.20. The predicted molar refractivity (Wildman–Crippen MR) is 74.4 cm³/mol. The van der Waals surface area contributed by atoms with Crippen LogP contribution in [0, 0.1) is 5.82 Å². The SMILES string of the molecule is CN(c1ccc(F)cc1CCN)C1CCCCC1. The Balaban J connectivity index is 2.19. The number of anilines is 1. The normalized spacial score (nSPS) is 16.8. The van der Waals surface area contributed by atoms with Gasteiger partial charge in [0.15, 0.2) is 0 Å². The maximum atomic E-state index is 13.3. The van der Waals surface area contributed by atoms with Gasteiger partial charge in [-0.3, -0.25) is 0 Å². The Morgan fingerprint density at radius 3 is 2.67 bits per heavy atom. The van der Waals surface area contributed by atoms with E-state index in [-0.39, 0.29) is 5.82 Å². The van der Waals surface area contributed by atoms with Crippen molar-refractivity contribution in [2.24, 2.45) is 5.73 Å². The first kappa shape index (κ1) is 13.3. The van der Waals surface area contributed by atoms with Crippen molar-refractivity contribution in [1.82, 2.24) is 0 Å². The number of benzene rings is 1. The van der Waals surface area contributed by atoms with Gasteiger partial charge in [-0.25, -0.2) is 4.39 Å². The van der Waals surface area contributed by atoms with Gasteiger partial charge in [-0.2, -0.15) is 0 Å². The molecule has 1 fully saturated rings. The lowest BCUT2D eigenvalue weighted by molar-refractivity contribution is 0.427. The molecule has 2 N–H and O–H groups in total. The second-order valence-electron chi connectivity index (χ2n) is 5.21. The molecule has 3 heteroatoms. The summed E-state index contributed by atoms with van der Waals surface area (Å²) < 4.78 is 13.3. The van der Waals surface area contributed by atoms with Crippen molar-refractivity contribution < 1.29 is 4.39 Å². The van der Waals surface area contributed by atoms with Gasteiger partial charge in [0.1, 0.15) is 5.82 Å². The molecule has 0 bridgehead atoms. The van der Waals surface area contributed by atoms with E-state index in [1.165, 1.54) is 32.1 Å². The Bertz CT molecular complexity index is 386. The lowest BCUT2D eigenvalue weighted by Crippen LogP contribution is -2.34. The maximum absolute atomic E-state index is 13.3. The fraction of sp³-hybridized carbons (Fsp3) is 0.600. The predicted octanol–water partition coefficient (Wildman–Crippen LogP) is 3.10. The van der Waals surface area contributed by atoms with Crippen LogP contribution < -0.4 is 10.6 Å². The fourth-order valence-electron chi connectivity index (χ4n) is 2.92. The highest BCUT2D eigenvalue weighted by Gasteiger charge is 2.20. The second kappa shape index (κ2) is 6.19. The molecule has 0 saturated heterocycles. The molecule has 0 heterocycles. The number of nitrogens with two attached hydrogens (primary N) is 1. The standard InChI is InChI=1S/C15H23FN2/c1-18(14-5-3-2-4-6-14)15-8-7-13(16)11-12(15)9-10-17/h7-8,11,14H,2-6,9-10,17H2,1H3. The summed E-state index contributed by atoms with van der Waals surface area (Å²) in [6.45, 7) is 0.564. The number of hydrogen-bond donors (Lipinski definition) is 1. The third-order valence-electron chi connectivity index (χ3n) is 3.96. The average Bonchev–Trinajstić information content (AvgIpc) is 2.40. The maximum Gasteiger partial charge on any atom is 0.123 e. The lowest BCUT2D eigenvalue weighted by Gasteiger charge is -2.34. The largest absolute Gasteiger partial charge is 0.371 e. The zero-order valence-corrected chi connectivity index (χ0v) is 11.2. The topological polar surface area (TPSA) is 29.3 Å². The Hall–Kier alpha value is -1.09. The van der Waals surface area contributed by atoms with Gasteiger partial charge in [0, 0.05) is 18.8 Å². The van der Waals surface area contributed by atoms with Crippen LogP contribution in [-0.4, -0.2) is 19.6 Å².